The second-order valence-electron chi connectivity index (χ2n) is 7.94. The Hall–Kier alpha value is -2.12. The lowest BCUT2D eigenvalue weighted by Gasteiger charge is -2.22. The summed E-state index contributed by atoms with van der Waals surface area (Å²) in [4.78, 5) is 19.4. The molecule has 8 heteroatoms. The van der Waals surface area contributed by atoms with Crippen molar-refractivity contribution in [3.05, 3.63) is 76.6 Å². The summed E-state index contributed by atoms with van der Waals surface area (Å²) in [6, 6.07) is 10.1. The van der Waals surface area contributed by atoms with Crippen LogP contribution in [-0.2, 0) is 0 Å². The summed E-state index contributed by atoms with van der Waals surface area (Å²) < 4.78 is 14.1. The van der Waals surface area contributed by atoms with Gasteiger partial charge in [-0.15, -0.1) is 11.6 Å². The van der Waals surface area contributed by atoms with Crippen molar-refractivity contribution in [2.75, 3.05) is 13.1 Å². The van der Waals surface area contributed by atoms with Crippen molar-refractivity contribution in [1.82, 2.24) is 10.4 Å². The van der Waals surface area contributed by atoms with Crippen LogP contribution in [0.4, 0.5) is 10.1 Å². The van der Waals surface area contributed by atoms with Gasteiger partial charge in [0.05, 0.1) is 16.8 Å². The van der Waals surface area contributed by atoms with Crippen LogP contribution in [0.2, 0.25) is 0 Å². The number of fused-ring (bicyclic) bond motifs is 2. The quantitative estimate of drug-likeness (QED) is 0.534. The Morgan fingerprint density at radius 1 is 1.16 bits per heavy atom. The van der Waals surface area contributed by atoms with Crippen molar-refractivity contribution in [3.63, 3.8) is 0 Å². The Morgan fingerprint density at radius 2 is 1.97 bits per heavy atom. The third-order valence-corrected chi connectivity index (χ3v) is 7.48. The van der Waals surface area contributed by atoms with Gasteiger partial charge in [-0.3, -0.25) is 15.2 Å². The Kier molecular flexibility index (Phi) is 6.12. The van der Waals surface area contributed by atoms with E-state index >= 15 is 0 Å². The summed E-state index contributed by atoms with van der Waals surface area (Å²) in [6.45, 7) is 1.72. The topological polar surface area (TPSA) is 44.7 Å². The first-order valence-corrected chi connectivity index (χ1v) is 12.1. The van der Waals surface area contributed by atoms with E-state index in [0.717, 1.165) is 47.0 Å². The normalized spacial score (nSPS) is 22.5. The Bertz CT molecular complexity index is 1170. The van der Waals surface area contributed by atoms with Gasteiger partial charge in [0.2, 0.25) is 0 Å². The smallest absolute Gasteiger partial charge is 0.265 e. The van der Waals surface area contributed by atoms with Crippen LogP contribution in [0.15, 0.2) is 74.4 Å². The molecule has 1 fully saturated rings. The number of amides is 1. The predicted molar refractivity (Wildman–Crippen MR) is 128 cm³/mol. The molecule has 2 heterocycles. The number of rotatable bonds is 3. The van der Waals surface area contributed by atoms with Crippen LogP contribution in [-0.4, -0.2) is 35.1 Å². The molecule has 0 saturated carbocycles. The van der Waals surface area contributed by atoms with Gasteiger partial charge in [0, 0.05) is 45.0 Å². The summed E-state index contributed by atoms with van der Waals surface area (Å²) in [6.07, 6.45) is 7.66. The van der Waals surface area contributed by atoms with Crippen LogP contribution in [0.25, 0.3) is 0 Å². The molecule has 0 radical (unpaired) electrons. The first-order valence-electron chi connectivity index (χ1n) is 10.4. The van der Waals surface area contributed by atoms with Crippen molar-refractivity contribution in [1.29, 1.82) is 0 Å². The fourth-order valence-corrected chi connectivity index (χ4v) is 5.73. The number of allylic oxidation sites excluding steroid dienone is 4. The van der Waals surface area contributed by atoms with Gasteiger partial charge in [-0.25, -0.2) is 9.40 Å². The molecular weight excluding hydrogens is 468 g/mol. The number of aliphatic imine (C=N–C) groups is 1. The Labute approximate surface area is 200 Å². The SMILES string of the molecule is O=C(NN1CCCC1)c1ccc2c(c1)N=C(C1C=CC(Cl)=CC1Cl)c1ccc(F)cc1S2. The highest BCUT2D eigenvalue weighted by Gasteiger charge is 2.29. The number of hydrazine groups is 1. The van der Waals surface area contributed by atoms with Gasteiger partial charge >= 0.3 is 0 Å². The lowest BCUT2D eigenvalue weighted by Crippen LogP contribution is -2.39. The van der Waals surface area contributed by atoms with Gasteiger partial charge in [-0.1, -0.05) is 29.4 Å². The molecule has 4 nitrogen and oxygen atoms in total. The highest BCUT2D eigenvalue weighted by atomic mass is 35.5. The molecule has 2 aromatic carbocycles. The number of halogens is 3. The van der Waals surface area contributed by atoms with E-state index in [1.807, 2.05) is 17.2 Å². The first kappa shape index (κ1) is 21.7. The van der Waals surface area contributed by atoms with Gasteiger partial charge in [0.1, 0.15) is 5.82 Å². The Morgan fingerprint density at radius 3 is 2.75 bits per heavy atom. The van der Waals surface area contributed by atoms with E-state index in [-0.39, 0.29) is 17.6 Å². The first-order chi connectivity index (χ1) is 15.5. The number of hydrogen-bond acceptors (Lipinski definition) is 4. The minimum atomic E-state index is -0.391. The van der Waals surface area contributed by atoms with E-state index in [0.29, 0.717) is 16.3 Å². The van der Waals surface area contributed by atoms with Crippen LogP contribution < -0.4 is 5.43 Å². The van der Waals surface area contributed by atoms with Crippen molar-refractivity contribution < 1.29 is 9.18 Å². The summed E-state index contributed by atoms with van der Waals surface area (Å²) in [5.41, 5.74) is 5.70. The third kappa shape index (κ3) is 4.37. The number of alkyl halides is 1. The Balaban J connectivity index is 1.56. The fourth-order valence-electron chi connectivity index (χ4n) is 4.08. The zero-order valence-corrected chi connectivity index (χ0v) is 19.4. The molecule has 1 N–H and O–H groups in total. The van der Waals surface area contributed by atoms with Crippen LogP contribution in [0.1, 0.15) is 28.8 Å². The van der Waals surface area contributed by atoms with Crippen LogP contribution in [0, 0.1) is 11.7 Å². The molecule has 1 aliphatic carbocycles. The summed E-state index contributed by atoms with van der Waals surface area (Å²) in [5.74, 6) is -0.714. The van der Waals surface area contributed by atoms with Crippen molar-refractivity contribution in [2.45, 2.75) is 28.0 Å². The molecule has 2 atom stereocenters. The molecule has 32 heavy (non-hydrogen) atoms. The molecule has 0 spiro atoms. The molecule has 5 rings (SSSR count). The van der Waals surface area contributed by atoms with E-state index in [2.05, 4.69) is 5.43 Å². The molecule has 2 unspecified atom stereocenters. The molecular formula is C24H20Cl2FN3OS. The second kappa shape index (κ2) is 9.02. The fraction of sp³-hybridized carbons (Fsp3) is 0.250. The van der Waals surface area contributed by atoms with Gasteiger partial charge in [0.15, 0.2) is 0 Å². The summed E-state index contributed by atoms with van der Waals surface area (Å²) in [7, 11) is 0. The van der Waals surface area contributed by atoms with E-state index in [9.17, 15) is 9.18 Å². The molecule has 0 aromatic heterocycles. The van der Waals surface area contributed by atoms with E-state index in [4.69, 9.17) is 28.2 Å². The molecule has 1 amide bonds. The van der Waals surface area contributed by atoms with Crippen LogP contribution in [0.5, 0.6) is 0 Å². The van der Waals surface area contributed by atoms with E-state index in [1.54, 1.807) is 30.4 Å². The molecule has 0 bridgehead atoms. The average molecular weight is 488 g/mol. The molecule has 3 aliphatic rings. The number of carbonyl (C=O) groups excluding carboxylic acids is 1. The van der Waals surface area contributed by atoms with Gasteiger partial charge < -0.3 is 0 Å². The van der Waals surface area contributed by atoms with Gasteiger partial charge in [-0.2, -0.15) is 0 Å². The maximum Gasteiger partial charge on any atom is 0.265 e. The van der Waals surface area contributed by atoms with Crippen LogP contribution >= 0.6 is 35.0 Å². The van der Waals surface area contributed by atoms with Crippen molar-refractivity contribution >= 4 is 52.3 Å². The van der Waals surface area contributed by atoms with Crippen molar-refractivity contribution in [2.24, 2.45) is 10.9 Å². The zero-order valence-electron chi connectivity index (χ0n) is 17.0. The summed E-state index contributed by atoms with van der Waals surface area (Å²) in [5, 5.41) is 2.12. The van der Waals surface area contributed by atoms with E-state index in [1.165, 1.54) is 23.9 Å². The number of nitrogens with zero attached hydrogens (tertiary/aromatic N) is 2. The standard InChI is InChI=1S/C24H20Cl2FN3OS/c25-15-4-6-17(19(26)12-15)23-18-7-5-16(27)13-22(18)32-21-8-3-14(11-20(21)28-23)24(31)29-30-9-1-2-10-30/h3-8,11-13,17,19H,1-2,9-10H2,(H,29,31). The predicted octanol–water partition coefficient (Wildman–Crippen LogP) is 6.07. The largest absolute Gasteiger partial charge is 0.285 e. The lowest BCUT2D eigenvalue weighted by molar-refractivity contribution is 0.0826. The molecule has 164 valence electrons. The number of carbonyl (C=O) groups is 1. The third-order valence-electron chi connectivity index (χ3n) is 5.71. The number of benzene rings is 2. The number of nitrogens with one attached hydrogen (secondary N) is 1. The van der Waals surface area contributed by atoms with E-state index < -0.39 is 5.38 Å². The lowest BCUT2D eigenvalue weighted by atomic mass is 9.90. The summed E-state index contributed by atoms with van der Waals surface area (Å²) >= 11 is 14.2. The molecule has 2 aliphatic heterocycles. The minimum absolute atomic E-state index is 0.160. The second-order valence-corrected chi connectivity index (χ2v) is 9.96. The molecule has 1 saturated heterocycles. The van der Waals surface area contributed by atoms with Gasteiger partial charge in [-0.05, 0) is 61.4 Å². The maximum atomic E-state index is 14.1. The molecule has 2 aromatic rings. The highest BCUT2D eigenvalue weighted by molar-refractivity contribution is 7.99. The average Bonchev–Trinajstić information content (AvgIpc) is 3.21. The van der Waals surface area contributed by atoms with Gasteiger partial charge in [0.25, 0.3) is 5.91 Å². The zero-order chi connectivity index (χ0) is 22.2. The highest BCUT2D eigenvalue weighted by Crippen LogP contribution is 2.43. The maximum absolute atomic E-state index is 14.1. The minimum Gasteiger partial charge on any atom is -0.285 e. The monoisotopic (exact) mass is 487 g/mol. The van der Waals surface area contributed by atoms with Crippen molar-refractivity contribution in [3.8, 4) is 0 Å². The number of hydrogen-bond donors (Lipinski definition) is 1. The van der Waals surface area contributed by atoms with Crippen LogP contribution in [0.3, 0.4) is 0 Å².